The first-order chi connectivity index (χ1) is 37.3. The van der Waals surface area contributed by atoms with Crippen LogP contribution >= 0.6 is 0 Å². The number of aliphatic hydroxyl groups excluding tert-OH is 5. The summed E-state index contributed by atoms with van der Waals surface area (Å²) in [7, 11) is 0. The van der Waals surface area contributed by atoms with E-state index in [1.807, 2.05) is 6.08 Å². The smallest absolute Gasteiger partial charge is 0.220 e. The Balaban J connectivity index is 2.15. The molecule has 0 aromatic heterocycles. The third-order valence-corrected chi connectivity index (χ3v) is 16.3. The second-order valence-electron chi connectivity index (χ2n) is 23.6. The number of allylic oxidation sites excluding steroid dienone is 3. The molecular weight excluding hydrogens is 947 g/mol. The third kappa shape index (κ3) is 45.4. The maximum Gasteiger partial charge on any atom is 0.220 e. The minimum atomic E-state index is -1.57. The van der Waals surface area contributed by atoms with Gasteiger partial charge in [0.15, 0.2) is 6.29 Å². The number of nitrogens with one attached hydrogen (secondary N) is 1. The van der Waals surface area contributed by atoms with E-state index < -0.39 is 49.5 Å². The summed E-state index contributed by atoms with van der Waals surface area (Å²) in [6, 6.07) is -0.804. The second kappa shape index (κ2) is 56.9. The van der Waals surface area contributed by atoms with Gasteiger partial charge in [-0.2, -0.15) is 0 Å². The Labute approximate surface area is 470 Å². The predicted octanol–water partition coefficient (Wildman–Crippen LogP) is 17.7. The summed E-state index contributed by atoms with van der Waals surface area (Å²) in [4.78, 5) is 13.1. The lowest BCUT2D eigenvalue weighted by Crippen LogP contribution is -2.60. The van der Waals surface area contributed by atoms with Crippen molar-refractivity contribution in [3.8, 4) is 0 Å². The van der Waals surface area contributed by atoms with E-state index in [2.05, 4.69) is 31.3 Å². The van der Waals surface area contributed by atoms with Crippen molar-refractivity contribution >= 4 is 5.91 Å². The first-order valence-electron chi connectivity index (χ1n) is 33.6. The summed E-state index contributed by atoms with van der Waals surface area (Å²) in [5.41, 5.74) is 0. The number of ether oxygens (including phenoxy) is 2. The first-order valence-corrected chi connectivity index (χ1v) is 33.6. The van der Waals surface area contributed by atoms with Crippen LogP contribution in [0.4, 0.5) is 0 Å². The Bertz CT molecular complexity index is 1250. The second-order valence-corrected chi connectivity index (χ2v) is 23.6. The van der Waals surface area contributed by atoms with Crippen molar-refractivity contribution in [2.75, 3.05) is 13.2 Å². The lowest BCUT2D eigenvalue weighted by Gasteiger charge is -2.40. The van der Waals surface area contributed by atoms with Gasteiger partial charge in [-0.1, -0.05) is 314 Å². The van der Waals surface area contributed by atoms with E-state index >= 15 is 0 Å². The normalized spacial score (nSPS) is 18.9. The molecule has 1 rings (SSSR count). The Kier molecular flexibility index (Phi) is 54.4. The highest BCUT2D eigenvalue weighted by molar-refractivity contribution is 5.76. The van der Waals surface area contributed by atoms with Crippen LogP contribution in [0.3, 0.4) is 0 Å². The number of rotatable bonds is 59. The van der Waals surface area contributed by atoms with Gasteiger partial charge >= 0.3 is 0 Å². The SMILES string of the molecule is CCCCCCCCCC/C=C\CCCCCCCCCCCCCCCCCC(=O)NC(COC1OC(CO)C(O)C(O)C1O)C(O)/C=C/CCCCCCCCCCCCCCCCCCCCCCCCCC. The number of unbranched alkanes of at least 4 members (excludes halogenated alkanes) is 47. The number of hydrogen-bond donors (Lipinski definition) is 6. The van der Waals surface area contributed by atoms with E-state index in [0.29, 0.717) is 6.42 Å². The van der Waals surface area contributed by atoms with Crippen LogP contribution in [0.25, 0.3) is 0 Å². The molecule has 7 atom stereocenters. The lowest BCUT2D eigenvalue weighted by atomic mass is 9.99. The molecule has 0 radical (unpaired) electrons. The molecule has 76 heavy (non-hydrogen) atoms. The van der Waals surface area contributed by atoms with Gasteiger partial charge in [0, 0.05) is 6.42 Å². The summed E-state index contributed by atoms with van der Waals surface area (Å²) in [5, 5.41) is 54.7. The van der Waals surface area contributed by atoms with E-state index in [4.69, 9.17) is 9.47 Å². The zero-order chi connectivity index (χ0) is 55.0. The van der Waals surface area contributed by atoms with Gasteiger partial charge in [-0.05, 0) is 44.9 Å². The highest BCUT2D eigenvalue weighted by Crippen LogP contribution is 2.23. The van der Waals surface area contributed by atoms with Crippen molar-refractivity contribution in [2.45, 2.75) is 384 Å². The molecule has 9 heteroatoms. The summed E-state index contributed by atoms with van der Waals surface area (Å²) in [6.45, 7) is 3.83. The van der Waals surface area contributed by atoms with Gasteiger partial charge in [0.05, 0.1) is 25.4 Å². The molecule has 1 saturated heterocycles. The Morgan fingerprint density at radius 3 is 1.07 bits per heavy atom. The molecule has 1 aliphatic heterocycles. The molecular formula is C67H129NO8. The molecule has 0 aliphatic carbocycles. The van der Waals surface area contributed by atoms with Gasteiger partial charge in [-0.15, -0.1) is 0 Å². The van der Waals surface area contributed by atoms with E-state index in [9.17, 15) is 30.3 Å². The molecule has 0 saturated carbocycles. The number of carbonyl (C=O) groups excluding carboxylic acids is 1. The molecule has 1 heterocycles. The van der Waals surface area contributed by atoms with Gasteiger partial charge in [0.2, 0.25) is 5.91 Å². The first kappa shape index (κ1) is 72.7. The molecule has 0 spiro atoms. The van der Waals surface area contributed by atoms with Crippen LogP contribution < -0.4 is 5.32 Å². The molecule has 1 fully saturated rings. The number of amides is 1. The van der Waals surface area contributed by atoms with Gasteiger partial charge in [-0.25, -0.2) is 0 Å². The van der Waals surface area contributed by atoms with Crippen LogP contribution in [-0.2, 0) is 14.3 Å². The fourth-order valence-corrected chi connectivity index (χ4v) is 11.0. The largest absolute Gasteiger partial charge is 0.394 e. The topological polar surface area (TPSA) is 149 Å². The highest BCUT2D eigenvalue weighted by Gasteiger charge is 2.44. The molecule has 0 aromatic rings. The van der Waals surface area contributed by atoms with Gasteiger partial charge < -0.3 is 40.3 Å². The van der Waals surface area contributed by atoms with Crippen LogP contribution in [0.5, 0.6) is 0 Å². The predicted molar refractivity (Wildman–Crippen MR) is 323 cm³/mol. The maximum absolute atomic E-state index is 13.1. The Morgan fingerprint density at radius 1 is 0.434 bits per heavy atom. The molecule has 450 valence electrons. The highest BCUT2D eigenvalue weighted by atomic mass is 16.7. The van der Waals surface area contributed by atoms with E-state index in [-0.39, 0.29) is 12.5 Å². The average Bonchev–Trinajstić information content (AvgIpc) is 3.42. The molecule has 9 nitrogen and oxygen atoms in total. The Hall–Kier alpha value is -1.33. The number of carbonyl (C=O) groups is 1. The van der Waals surface area contributed by atoms with Crippen molar-refractivity contribution in [2.24, 2.45) is 0 Å². The zero-order valence-corrected chi connectivity index (χ0v) is 50.3. The van der Waals surface area contributed by atoms with Crippen LogP contribution in [0.15, 0.2) is 24.3 Å². The average molecular weight is 1080 g/mol. The summed E-state index contributed by atoms with van der Waals surface area (Å²) in [6.07, 6.45) is 67.0. The molecule has 7 unspecified atom stereocenters. The van der Waals surface area contributed by atoms with Gasteiger partial charge in [0.25, 0.3) is 0 Å². The molecule has 1 amide bonds. The molecule has 1 aliphatic rings. The fraction of sp³-hybridized carbons (Fsp3) is 0.925. The van der Waals surface area contributed by atoms with Crippen molar-refractivity contribution in [1.29, 1.82) is 0 Å². The summed E-state index contributed by atoms with van der Waals surface area (Å²) < 4.78 is 11.3. The molecule has 6 N–H and O–H groups in total. The van der Waals surface area contributed by atoms with E-state index in [1.165, 1.54) is 283 Å². The van der Waals surface area contributed by atoms with Crippen LogP contribution in [0.1, 0.15) is 341 Å². The van der Waals surface area contributed by atoms with Crippen molar-refractivity contribution in [3.05, 3.63) is 24.3 Å². The fourth-order valence-electron chi connectivity index (χ4n) is 11.0. The minimum absolute atomic E-state index is 0.170. The van der Waals surface area contributed by atoms with Crippen molar-refractivity contribution in [3.63, 3.8) is 0 Å². The Morgan fingerprint density at radius 2 is 0.737 bits per heavy atom. The number of aliphatic hydroxyl groups is 5. The number of hydrogen-bond acceptors (Lipinski definition) is 8. The van der Waals surface area contributed by atoms with Crippen LogP contribution in [0.2, 0.25) is 0 Å². The zero-order valence-electron chi connectivity index (χ0n) is 50.3. The van der Waals surface area contributed by atoms with Gasteiger partial charge in [0.1, 0.15) is 24.4 Å². The monoisotopic (exact) mass is 1080 g/mol. The van der Waals surface area contributed by atoms with Crippen molar-refractivity contribution < 1.29 is 39.8 Å². The minimum Gasteiger partial charge on any atom is -0.394 e. The van der Waals surface area contributed by atoms with Crippen molar-refractivity contribution in [1.82, 2.24) is 5.32 Å². The maximum atomic E-state index is 13.1. The lowest BCUT2D eigenvalue weighted by molar-refractivity contribution is -0.302. The van der Waals surface area contributed by atoms with Crippen LogP contribution in [-0.4, -0.2) is 87.5 Å². The summed E-state index contributed by atoms with van der Waals surface area (Å²) in [5.74, 6) is -0.170. The molecule has 0 aromatic carbocycles. The third-order valence-electron chi connectivity index (χ3n) is 16.3. The van der Waals surface area contributed by atoms with E-state index in [0.717, 1.165) is 38.5 Å². The van der Waals surface area contributed by atoms with Crippen LogP contribution in [0, 0.1) is 0 Å². The molecule has 0 bridgehead atoms. The summed E-state index contributed by atoms with van der Waals surface area (Å²) >= 11 is 0. The quantitative estimate of drug-likeness (QED) is 0.0261. The standard InChI is InChI=1S/C67H129NO8/c1-3-5-7-9-11-13-15-17-19-21-23-25-27-29-31-33-35-37-39-41-43-45-47-49-51-53-55-57-63(71)68-60(59-75-67-66(74)65(73)64(72)62(58-69)76-67)61(70)56-54-52-50-48-46-44-42-40-38-36-34-32-30-28-26-24-22-20-18-16-14-12-10-8-6-4-2/h21,23,54,56,60-62,64-67,69-70,72-74H,3-20,22,24-53,55,57-59H2,1-2H3,(H,68,71)/b23-21-,56-54+. The van der Waals surface area contributed by atoms with Gasteiger partial charge in [-0.3, -0.25) is 4.79 Å². The van der Waals surface area contributed by atoms with E-state index in [1.54, 1.807) is 6.08 Å².